The van der Waals surface area contributed by atoms with Gasteiger partial charge in [-0.05, 0) is 18.9 Å². The number of aryl methyl sites for hydroxylation is 2. The molecule has 20 heavy (non-hydrogen) atoms. The van der Waals surface area contributed by atoms with Gasteiger partial charge in [-0.25, -0.2) is 0 Å². The first-order chi connectivity index (χ1) is 9.47. The van der Waals surface area contributed by atoms with Gasteiger partial charge < -0.3 is 4.90 Å². The lowest BCUT2D eigenvalue weighted by atomic mass is 10.1. The topological polar surface area (TPSA) is 84.3 Å². The molecule has 0 aliphatic carbocycles. The van der Waals surface area contributed by atoms with Crippen LogP contribution in [0.2, 0.25) is 0 Å². The number of piperazine rings is 1. The molecule has 2 rings (SSSR count). The molecule has 0 aromatic carbocycles. The van der Waals surface area contributed by atoms with Gasteiger partial charge in [0.25, 0.3) is 5.91 Å². The van der Waals surface area contributed by atoms with Gasteiger partial charge >= 0.3 is 0 Å². The summed E-state index contributed by atoms with van der Waals surface area (Å²) in [5.74, 6) is -1.21. The Labute approximate surface area is 116 Å². The number of carbonyl (C=O) groups is 3. The summed E-state index contributed by atoms with van der Waals surface area (Å²) in [5.41, 5.74) is 1.19. The van der Waals surface area contributed by atoms with E-state index in [0.29, 0.717) is 12.1 Å². The van der Waals surface area contributed by atoms with Crippen LogP contribution in [0.3, 0.4) is 0 Å². The lowest BCUT2D eigenvalue weighted by Gasteiger charge is -2.33. The zero-order chi connectivity index (χ0) is 14.9. The van der Waals surface area contributed by atoms with Gasteiger partial charge in [0.05, 0.1) is 5.69 Å². The molecule has 1 aromatic rings. The number of hydrogen-bond acceptors (Lipinski definition) is 4. The van der Waals surface area contributed by atoms with E-state index in [1.54, 1.807) is 20.0 Å². The van der Waals surface area contributed by atoms with Crippen molar-refractivity contribution in [1.29, 1.82) is 0 Å². The molecule has 3 amide bonds. The van der Waals surface area contributed by atoms with Crippen LogP contribution in [0.5, 0.6) is 0 Å². The maximum atomic E-state index is 12.5. The van der Waals surface area contributed by atoms with E-state index in [0.717, 1.165) is 12.1 Å². The van der Waals surface area contributed by atoms with Crippen molar-refractivity contribution < 1.29 is 14.4 Å². The highest BCUT2D eigenvalue weighted by molar-refractivity contribution is 6.06. The van der Waals surface area contributed by atoms with Crippen molar-refractivity contribution in [3.05, 3.63) is 17.5 Å². The molecule has 2 heterocycles. The van der Waals surface area contributed by atoms with Crippen LogP contribution in [-0.2, 0) is 23.1 Å². The predicted molar refractivity (Wildman–Crippen MR) is 70.9 cm³/mol. The third-order valence-electron chi connectivity index (χ3n) is 3.41. The number of rotatable bonds is 3. The highest BCUT2D eigenvalue weighted by Gasteiger charge is 2.36. The summed E-state index contributed by atoms with van der Waals surface area (Å²) in [6, 6.07) is 1.09. The molecule has 0 bridgehead atoms. The molecule has 7 heteroatoms. The lowest BCUT2D eigenvalue weighted by Crippen LogP contribution is -2.59. The molecule has 1 unspecified atom stereocenters. The molecule has 0 spiro atoms. The minimum absolute atomic E-state index is 0.101. The third kappa shape index (κ3) is 2.43. The van der Waals surface area contributed by atoms with Gasteiger partial charge in [-0.3, -0.25) is 24.4 Å². The fourth-order valence-corrected chi connectivity index (χ4v) is 2.33. The van der Waals surface area contributed by atoms with Crippen molar-refractivity contribution in [2.24, 2.45) is 7.05 Å². The van der Waals surface area contributed by atoms with E-state index in [9.17, 15) is 14.4 Å². The third-order valence-corrected chi connectivity index (χ3v) is 3.41. The maximum Gasteiger partial charge on any atom is 0.273 e. The maximum absolute atomic E-state index is 12.5. The first kappa shape index (κ1) is 14.2. The van der Waals surface area contributed by atoms with E-state index >= 15 is 0 Å². The molecule has 0 radical (unpaired) electrons. The second-order valence-electron chi connectivity index (χ2n) is 4.77. The Balaban J connectivity index is 2.32. The Morgan fingerprint density at radius 1 is 1.45 bits per heavy atom. The zero-order valence-electron chi connectivity index (χ0n) is 11.8. The fraction of sp³-hybridized carbons (Fsp3) is 0.538. The number of nitrogens with zero attached hydrogens (tertiary/aromatic N) is 3. The Morgan fingerprint density at radius 2 is 2.15 bits per heavy atom. The van der Waals surface area contributed by atoms with Gasteiger partial charge in [-0.15, -0.1) is 0 Å². The Kier molecular flexibility index (Phi) is 3.87. The fourth-order valence-electron chi connectivity index (χ4n) is 2.33. The summed E-state index contributed by atoms with van der Waals surface area (Å²) < 4.78 is 1.49. The van der Waals surface area contributed by atoms with Crippen molar-refractivity contribution in [1.82, 2.24) is 20.0 Å². The van der Waals surface area contributed by atoms with E-state index < -0.39 is 17.9 Å². The van der Waals surface area contributed by atoms with E-state index in [-0.39, 0.29) is 12.5 Å². The number of carbonyl (C=O) groups excluding carboxylic acids is 3. The van der Waals surface area contributed by atoms with Crippen LogP contribution >= 0.6 is 0 Å². The predicted octanol–water partition coefficient (Wildman–Crippen LogP) is -0.140. The number of nitrogens with one attached hydrogen (secondary N) is 1. The first-order valence-electron chi connectivity index (χ1n) is 6.65. The summed E-state index contributed by atoms with van der Waals surface area (Å²) in [6.07, 6.45) is 1.18. The Hall–Kier alpha value is -2.18. The summed E-state index contributed by atoms with van der Waals surface area (Å²) in [5, 5.41) is 6.47. The zero-order valence-corrected chi connectivity index (χ0v) is 11.8. The van der Waals surface area contributed by atoms with Crippen LogP contribution < -0.4 is 5.32 Å². The molecule has 1 aliphatic rings. The Bertz CT molecular complexity index is 564. The second kappa shape index (κ2) is 5.44. The van der Waals surface area contributed by atoms with Crippen LogP contribution in [0.15, 0.2) is 6.07 Å². The van der Waals surface area contributed by atoms with Crippen LogP contribution in [0.1, 0.15) is 36.5 Å². The van der Waals surface area contributed by atoms with E-state index in [1.165, 1.54) is 9.58 Å². The van der Waals surface area contributed by atoms with Crippen molar-refractivity contribution in [2.75, 3.05) is 6.54 Å². The normalized spacial score (nSPS) is 19.1. The molecule has 0 saturated carbocycles. The summed E-state index contributed by atoms with van der Waals surface area (Å²) >= 11 is 0. The molecule has 1 atom stereocenters. The molecule has 108 valence electrons. The standard InChI is InChI=1S/C13H18N4O3/c1-4-8-6-10(16(3)15-8)13(20)17-7-11(18)14-12(19)9(17)5-2/h6,9H,4-5,7H2,1-3H3,(H,14,18,19). The number of hydrogen-bond donors (Lipinski definition) is 1. The highest BCUT2D eigenvalue weighted by atomic mass is 16.2. The molecule has 1 fully saturated rings. The molecule has 1 aromatic heterocycles. The number of aromatic nitrogens is 2. The molecule has 1 saturated heterocycles. The van der Waals surface area contributed by atoms with Crippen LogP contribution in [0.25, 0.3) is 0 Å². The molecule has 1 N–H and O–H groups in total. The van der Waals surface area contributed by atoms with Crippen LogP contribution in [0, 0.1) is 0 Å². The van der Waals surface area contributed by atoms with Gasteiger partial charge in [0.2, 0.25) is 11.8 Å². The van der Waals surface area contributed by atoms with Gasteiger partial charge in [-0.2, -0.15) is 5.10 Å². The van der Waals surface area contributed by atoms with Crippen LogP contribution in [0.4, 0.5) is 0 Å². The molecule has 1 aliphatic heterocycles. The second-order valence-corrected chi connectivity index (χ2v) is 4.77. The van der Waals surface area contributed by atoms with Crippen molar-refractivity contribution >= 4 is 17.7 Å². The van der Waals surface area contributed by atoms with Crippen LogP contribution in [-0.4, -0.2) is 45.0 Å². The minimum atomic E-state index is -0.611. The average molecular weight is 278 g/mol. The average Bonchev–Trinajstić information content (AvgIpc) is 2.78. The van der Waals surface area contributed by atoms with Gasteiger partial charge in [0.15, 0.2) is 0 Å². The largest absolute Gasteiger partial charge is 0.316 e. The van der Waals surface area contributed by atoms with E-state index in [2.05, 4.69) is 10.4 Å². The highest BCUT2D eigenvalue weighted by Crippen LogP contribution is 2.15. The first-order valence-corrected chi connectivity index (χ1v) is 6.65. The molecular formula is C13H18N4O3. The molecular weight excluding hydrogens is 260 g/mol. The summed E-state index contributed by atoms with van der Waals surface area (Å²) in [6.45, 7) is 3.65. The lowest BCUT2D eigenvalue weighted by molar-refractivity contribution is -0.138. The van der Waals surface area contributed by atoms with E-state index in [1.807, 2.05) is 6.92 Å². The van der Waals surface area contributed by atoms with Crippen molar-refractivity contribution in [3.8, 4) is 0 Å². The Morgan fingerprint density at radius 3 is 2.70 bits per heavy atom. The monoisotopic (exact) mass is 278 g/mol. The minimum Gasteiger partial charge on any atom is -0.316 e. The smallest absolute Gasteiger partial charge is 0.273 e. The number of imide groups is 1. The van der Waals surface area contributed by atoms with Gasteiger partial charge in [0, 0.05) is 7.05 Å². The van der Waals surface area contributed by atoms with Gasteiger partial charge in [-0.1, -0.05) is 13.8 Å². The SMILES string of the molecule is CCc1cc(C(=O)N2CC(=O)NC(=O)C2CC)n(C)n1. The van der Waals surface area contributed by atoms with E-state index in [4.69, 9.17) is 0 Å². The quantitative estimate of drug-likeness (QED) is 0.780. The van der Waals surface area contributed by atoms with Gasteiger partial charge in [0.1, 0.15) is 18.3 Å². The molecule has 7 nitrogen and oxygen atoms in total. The van der Waals surface area contributed by atoms with Crippen molar-refractivity contribution in [3.63, 3.8) is 0 Å². The summed E-state index contributed by atoms with van der Waals surface area (Å²) in [4.78, 5) is 37.1. The summed E-state index contributed by atoms with van der Waals surface area (Å²) in [7, 11) is 1.68. The van der Waals surface area contributed by atoms with Crippen molar-refractivity contribution in [2.45, 2.75) is 32.7 Å². The number of amides is 3.